The third kappa shape index (κ3) is 2.75. The van der Waals surface area contributed by atoms with Crippen LogP contribution in [-0.4, -0.2) is 12.1 Å². The van der Waals surface area contributed by atoms with Crippen LogP contribution in [0, 0.1) is 14.9 Å². The molecule has 6 heteroatoms. The highest BCUT2D eigenvalue weighted by molar-refractivity contribution is 14.1. The van der Waals surface area contributed by atoms with Gasteiger partial charge in [-0.1, -0.05) is 0 Å². The number of alkyl halides is 2. The Morgan fingerprint density at radius 1 is 1.67 bits per heavy atom. The average Bonchev–Trinajstić information content (AvgIpc) is 2.20. The number of halogens is 3. The van der Waals surface area contributed by atoms with Crippen molar-refractivity contribution in [1.82, 2.24) is 4.98 Å². The van der Waals surface area contributed by atoms with Crippen molar-refractivity contribution in [2.75, 3.05) is 7.11 Å². The van der Waals surface area contributed by atoms with Crippen LogP contribution in [0.25, 0.3) is 0 Å². The Morgan fingerprint density at radius 2 is 2.33 bits per heavy atom. The summed E-state index contributed by atoms with van der Waals surface area (Å²) in [5.41, 5.74) is 0.211. The van der Waals surface area contributed by atoms with E-state index in [1.54, 1.807) is 0 Å². The third-order valence-electron chi connectivity index (χ3n) is 1.72. The fourth-order valence-corrected chi connectivity index (χ4v) is 1.69. The number of aromatic nitrogens is 1. The van der Waals surface area contributed by atoms with Gasteiger partial charge in [-0.25, -0.2) is 13.8 Å². The Morgan fingerprint density at radius 3 is 2.80 bits per heavy atom. The molecular weight excluding hydrogens is 317 g/mol. The number of pyridine rings is 1. The van der Waals surface area contributed by atoms with Crippen molar-refractivity contribution in [1.29, 1.82) is 5.26 Å². The summed E-state index contributed by atoms with van der Waals surface area (Å²) in [6, 6.07) is 3.21. The Hall–Kier alpha value is -0.970. The molecule has 1 aromatic rings. The predicted molar refractivity (Wildman–Crippen MR) is 57.8 cm³/mol. The van der Waals surface area contributed by atoms with Crippen LogP contribution >= 0.6 is 22.6 Å². The van der Waals surface area contributed by atoms with Crippen molar-refractivity contribution in [3.05, 3.63) is 20.9 Å². The molecule has 0 radical (unpaired) electrons. The van der Waals surface area contributed by atoms with Crippen molar-refractivity contribution < 1.29 is 13.5 Å². The Balaban J connectivity index is 3.24. The van der Waals surface area contributed by atoms with Crippen LogP contribution in [0.15, 0.2) is 6.07 Å². The third-order valence-corrected chi connectivity index (χ3v) is 2.65. The van der Waals surface area contributed by atoms with Crippen LogP contribution in [0.2, 0.25) is 0 Å². The van der Waals surface area contributed by atoms with E-state index in [2.05, 4.69) is 4.98 Å². The molecule has 0 aliphatic carbocycles. The Labute approximate surface area is 99.2 Å². The van der Waals surface area contributed by atoms with Crippen LogP contribution in [0.3, 0.4) is 0 Å². The van der Waals surface area contributed by atoms with E-state index >= 15 is 0 Å². The largest absolute Gasteiger partial charge is 0.481 e. The van der Waals surface area contributed by atoms with Crippen molar-refractivity contribution in [3.63, 3.8) is 0 Å². The molecule has 0 amide bonds. The summed E-state index contributed by atoms with van der Waals surface area (Å²) in [6.07, 6.45) is -2.55. The fraction of sp³-hybridized carbons (Fsp3) is 0.333. The summed E-state index contributed by atoms with van der Waals surface area (Å²) in [5, 5.41) is 8.50. The zero-order valence-corrected chi connectivity index (χ0v) is 9.96. The van der Waals surface area contributed by atoms with Gasteiger partial charge in [0.2, 0.25) is 5.88 Å². The highest BCUT2D eigenvalue weighted by atomic mass is 127. The van der Waals surface area contributed by atoms with Gasteiger partial charge in [0.15, 0.2) is 0 Å². The summed E-state index contributed by atoms with van der Waals surface area (Å²) < 4.78 is 30.3. The fourth-order valence-electron chi connectivity index (χ4n) is 1.04. The standard InChI is InChI=1S/C9H7F2IN2O/c1-15-9-5(8(10)11)4-6(12)7(14-9)2-3-13/h4,8H,2H2,1H3. The zero-order chi connectivity index (χ0) is 11.4. The lowest BCUT2D eigenvalue weighted by Gasteiger charge is -2.09. The molecule has 1 rings (SSSR count). The molecule has 0 bridgehead atoms. The monoisotopic (exact) mass is 324 g/mol. The van der Waals surface area contributed by atoms with Gasteiger partial charge in [-0.3, -0.25) is 0 Å². The van der Waals surface area contributed by atoms with Gasteiger partial charge in [0.1, 0.15) is 0 Å². The molecule has 1 aromatic heterocycles. The van der Waals surface area contributed by atoms with Gasteiger partial charge < -0.3 is 4.74 Å². The Kier molecular flexibility index (Phi) is 4.20. The van der Waals surface area contributed by atoms with Crippen LogP contribution in [0.1, 0.15) is 17.7 Å². The van der Waals surface area contributed by atoms with Gasteiger partial charge in [0.25, 0.3) is 6.43 Å². The summed E-state index contributed by atoms with van der Waals surface area (Å²) in [5.74, 6) is -0.115. The van der Waals surface area contributed by atoms with E-state index in [9.17, 15) is 8.78 Å². The van der Waals surface area contributed by atoms with Gasteiger partial charge >= 0.3 is 0 Å². The molecule has 0 atom stereocenters. The van der Waals surface area contributed by atoms with E-state index in [0.717, 1.165) is 0 Å². The SMILES string of the molecule is COc1nc(CC#N)c(I)cc1C(F)F. The van der Waals surface area contributed by atoms with E-state index in [0.29, 0.717) is 9.26 Å². The predicted octanol–water partition coefficient (Wildman–Crippen LogP) is 2.70. The van der Waals surface area contributed by atoms with Crippen LogP contribution < -0.4 is 4.74 Å². The average molecular weight is 324 g/mol. The second-order valence-corrected chi connectivity index (χ2v) is 3.81. The molecular formula is C9H7F2IN2O. The van der Waals surface area contributed by atoms with Crippen molar-refractivity contribution in [2.45, 2.75) is 12.8 Å². The second kappa shape index (κ2) is 5.21. The van der Waals surface area contributed by atoms with Crippen LogP contribution in [0.5, 0.6) is 5.88 Å². The maximum atomic E-state index is 12.5. The number of ether oxygens (including phenoxy) is 1. The smallest absolute Gasteiger partial charge is 0.269 e. The topological polar surface area (TPSA) is 45.9 Å². The minimum Gasteiger partial charge on any atom is -0.481 e. The van der Waals surface area contributed by atoms with Gasteiger partial charge in [0.05, 0.1) is 30.9 Å². The summed E-state index contributed by atoms with van der Waals surface area (Å²) >= 11 is 1.87. The molecule has 80 valence electrons. The first-order valence-corrected chi connectivity index (χ1v) is 5.06. The molecule has 0 saturated heterocycles. The van der Waals surface area contributed by atoms with Crippen molar-refractivity contribution >= 4 is 22.6 Å². The van der Waals surface area contributed by atoms with E-state index < -0.39 is 6.43 Å². The minimum absolute atomic E-state index is 0.0815. The number of hydrogen-bond acceptors (Lipinski definition) is 3. The normalized spacial score (nSPS) is 10.1. The molecule has 0 aliphatic rings. The first-order valence-electron chi connectivity index (χ1n) is 3.98. The van der Waals surface area contributed by atoms with E-state index in [1.165, 1.54) is 13.2 Å². The number of nitrogens with zero attached hydrogens (tertiary/aromatic N) is 2. The molecule has 0 saturated carbocycles. The summed E-state index contributed by atoms with van der Waals surface area (Å²) in [7, 11) is 1.28. The van der Waals surface area contributed by atoms with Crippen LogP contribution in [0.4, 0.5) is 8.78 Å². The first kappa shape index (κ1) is 12.1. The molecule has 0 fully saturated rings. The van der Waals surface area contributed by atoms with E-state index in [1.807, 2.05) is 28.7 Å². The van der Waals surface area contributed by atoms with Crippen molar-refractivity contribution in [2.24, 2.45) is 0 Å². The number of nitriles is 1. The molecule has 0 aromatic carbocycles. The lowest BCUT2D eigenvalue weighted by atomic mass is 10.2. The maximum Gasteiger partial charge on any atom is 0.269 e. The molecule has 15 heavy (non-hydrogen) atoms. The lowest BCUT2D eigenvalue weighted by Crippen LogP contribution is -2.01. The quantitative estimate of drug-likeness (QED) is 0.803. The highest BCUT2D eigenvalue weighted by Gasteiger charge is 2.18. The Bertz CT molecular complexity index is 404. The minimum atomic E-state index is -2.63. The zero-order valence-electron chi connectivity index (χ0n) is 7.80. The molecule has 1 heterocycles. The summed E-state index contributed by atoms with van der Waals surface area (Å²) in [6.45, 7) is 0. The van der Waals surface area contributed by atoms with Gasteiger partial charge in [0, 0.05) is 3.57 Å². The molecule has 0 spiro atoms. The molecule has 0 unspecified atom stereocenters. The van der Waals surface area contributed by atoms with Gasteiger partial charge in [-0.15, -0.1) is 0 Å². The lowest BCUT2D eigenvalue weighted by molar-refractivity contribution is 0.146. The van der Waals surface area contributed by atoms with Crippen LogP contribution in [-0.2, 0) is 6.42 Å². The molecule has 0 N–H and O–H groups in total. The second-order valence-electron chi connectivity index (χ2n) is 2.65. The maximum absolute atomic E-state index is 12.5. The highest BCUT2D eigenvalue weighted by Crippen LogP contribution is 2.29. The van der Waals surface area contributed by atoms with Gasteiger partial charge in [-0.05, 0) is 28.7 Å². The molecule has 0 aliphatic heterocycles. The summed E-state index contributed by atoms with van der Waals surface area (Å²) in [4.78, 5) is 3.87. The van der Waals surface area contributed by atoms with E-state index in [-0.39, 0.29) is 17.9 Å². The van der Waals surface area contributed by atoms with Gasteiger partial charge in [-0.2, -0.15) is 5.26 Å². The molecule has 3 nitrogen and oxygen atoms in total. The van der Waals surface area contributed by atoms with Crippen molar-refractivity contribution in [3.8, 4) is 11.9 Å². The number of rotatable bonds is 3. The first-order chi connectivity index (χ1) is 7.10. The van der Waals surface area contributed by atoms with E-state index in [4.69, 9.17) is 10.00 Å². The number of methoxy groups -OCH3 is 1. The number of hydrogen-bond donors (Lipinski definition) is 0.